The summed E-state index contributed by atoms with van der Waals surface area (Å²) in [6, 6.07) is 3.73. The number of aromatic nitrogens is 2. The monoisotopic (exact) mass is 251 g/mol. The van der Waals surface area contributed by atoms with Gasteiger partial charge in [-0.2, -0.15) is 5.10 Å². The average molecular weight is 251 g/mol. The van der Waals surface area contributed by atoms with Crippen LogP contribution in [0.4, 0.5) is 8.78 Å². The zero-order valence-electron chi connectivity index (χ0n) is 10.5. The molecule has 0 aliphatic rings. The average Bonchev–Trinajstić information content (AvgIpc) is 2.67. The molecule has 0 fully saturated rings. The predicted octanol–water partition coefficient (Wildman–Crippen LogP) is 2.32. The first kappa shape index (κ1) is 12.7. The number of nitrogens with zero attached hydrogens (tertiary/aromatic N) is 2. The molecule has 0 amide bonds. The molecule has 1 aromatic heterocycles. The van der Waals surface area contributed by atoms with Crippen molar-refractivity contribution < 1.29 is 8.78 Å². The van der Waals surface area contributed by atoms with Crippen LogP contribution in [0.3, 0.4) is 0 Å². The quantitative estimate of drug-likeness (QED) is 0.907. The number of benzene rings is 1. The van der Waals surface area contributed by atoms with E-state index in [2.05, 4.69) is 10.4 Å². The van der Waals surface area contributed by atoms with Gasteiger partial charge in [0.15, 0.2) is 11.6 Å². The highest BCUT2D eigenvalue weighted by atomic mass is 19.2. The van der Waals surface area contributed by atoms with E-state index in [1.165, 1.54) is 6.07 Å². The molecule has 96 valence electrons. The number of hydrogen-bond donors (Lipinski definition) is 1. The first-order valence-corrected chi connectivity index (χ1v) is 5.65. The molecule has 1 aromatic carbocycles. The van der Waals surface area contributed by atoms with Gasteiger partial charge in [-0.3, -0.25) is 4.68 Å². The third kappa shape index (κ3) is 2.13. The normalized spacial score (nSPS) is 12.7. The predicted molar refractivity (Wildman–Crippen MR) is 65.2 cm³/mol. The molecule has 3 nitrogen and oxygen atoms in total. The lowest BCUT2D eigenvalue weighted by Gasteiger charge is -2.16. The molecule has 2 rings (SSSR count). The van der Waals surface area contributed by atoms with E-state index in [-0.39, 0.29) is 6.04 Å². The fourth-order valence-electron chi connectivity index (χ4n) is 1.99. The van der Waals surface area contributed by atoms with E-state index in [0.29, 0.717) is 5.56 Å². The van der Waals surface area contributed by atoms with Gasteiger partial charge in [-0.1, -0.05) is 6.07 Å². The highest BCUT2D eigenvalue weighted by molar-refractivity contribution is 5.33. The zero-order valence-corrected chi connectivity index (χ0v) is 10.5. The third-order valence-corrected chi connectivity index (χ3v) is 3.15. The van der Waals surface area contributed by atoms with Crippen LogP contribution in [0.25, 0.3) is 0 Å². The van der Waals surface area contributed by atoms with E-state index < -0.39 is 11.6 Å². The number of halogens is 2. The summed E-state index contributed by atoms with van der Waals surface area (Å²) in [7, 11) is 3.62. The Balaban J connectivity index is 2.45. The fourth-order valence-corrected chi connectivity index (χ4v) is 1.99. The SMILES string of the molecule is CNC(c1ccc(F)c(F)c1)c1cnn(C)c1C. The fraction of sp³-hybridized carbons (Fsp3) is 0.308. The second-order valence-electron chi connectivity index (χ2n) is 4.20. The second kappa shape index (κ2) is 4.86. The molecule has 5 heteroatoms. The lowest BCUT2D eigenvalue weighted by molar-refractivity contribution is 0.505. The number of aryl methyl sites for hydroxylation is 1. The van der Waals surface area contributed by atoms with Crippen molar-refractivity contribution in [3.8, 4) is 0 Å². The highest BCUT2D eigenvalue weighted by Crippen LogP contribution is 2.25. The Labute approximate surface area is 104 Å². The number of nitrogens with one attached hydrogen (secondary N) is 1. The van der Waals surface area contributed by atoms with Gasteiger partial charge in [-0.05, 0) is 31.7 Å². The molecular formula is C13H15F2N3. The van der Waals surface area contributed by atoms with Gasteiger partial charge in [0, 0.05) is 18.3 Å². The van der Waals surface area contributed by atoms with E-state index in [9.17, 15) is 8.78 Å². The van der Waals surface area contributed by atoms with Crippen LogP contribution in [0.1, 0.15) is 22.9 Å². The summed E-state index contributed by atoms with van der Waals surface area (Å²) in [5.74, 6) is -1.68. The van der Waals surface area contributed by atoms with E-state index in [4.69, 9.17) is 0 Å². The summed E-state index contributed by atoms with van der Waals surface area (Å²) in [6.07, 6.45) is 1.73. The van der Waals surface area contributed by atoms with Crippen molar-refractivity contribution >= 4 is 0 Å². The molecular weight excluding hydrogens is 236 g/mol. The van der Waals surface area contributed by atoms with Crippen molar-refractivity contribution in [3.05, 3.63) is 52.9 Å². The molecule has 0 aliphatic heterocycles. The van der Waals surface area contributed by atoms with E-state index in [1.54, 1.807) is 24.0 Å². The van der Waals surface area contributed by atoms with Crippen LogP contribution < -0.4 is 5.32 Å². The van der Waals surface area contributed by atoms with Gasteiger partial charge < -0.3 is 5.32 Å². The van der Waals surface area contributed by atoms with Gasteiger partial charge >= 0.3 is 0 Å². The summed E-state index contributed by atoms with van der Waals surface area (Å²) in [4.78, 5) is 0. The minimum atomic E-state index is -0.839. The molecule has 1 atom stereocenters. The van der Waals surface area contributed by atoms with Crippen LogP contribution in [-0.4, -0.2) is 16.8 Å². The van der Waals surface area contributed by atoms with Crippen LogP contribution >= 0.6 is 0 Å². The Morgan fingerprint density at radius 2 is 2.00 bits per heavy atom. The molecule has 18 heavy (non-hydrogen) atoms. The van der Waals surface area contributed by atoms with E-state index in [1.807, 2.05) is 14.0 Å². The lowest BCUT2D eigenvalue weighted by Crippen LogP contribution is -2.18. The molecule has 0 bridgehead atoms. The molecule has 1 unspecified atom stereocenters. The molecule has 0 radical (unpaired) electrons. The van der Waals surface area contributed by atoms with Crippen molar-refractivity contribution in [3.63, 3.8) is 0 Å². The highest BCUT2D eigenvalue weighted by Gasteiger charge is 2.18. The lowest BCUT2D eigenvalue weighted by atomic mass is 9.99. The zero-order chi connectivity index (χ0) is 13.3. The largest absolute Gasteiger partial charge is 0.309 e. The maximum Gasteiger partial charge on any atom is 0.159 e. The van der Waals surface area contributed by atoms with Crippen LogP contribution in [0.15, 0.2) is 24.4 Å². The number of rotatable bonds is 3. The summed E-state index contributed by atoms with van der Waals surface area (Å²) >= 11 is 0. The number of hydrogen-bond acceptors (Lipinski definition) is 2. The first-order chi connectivity index (χ1) is 8.54. The maximum absolute atomic E-state index is 13.3. The van der Waals surface area contributed by atoms with Crippen LogP contribution in [0.2, 0.25) is 0 Å². The molecule has 1 N–H and O–H groups in total. The maximum atomic E-state index is 13.3. The summed E-state index contributed by atoms with van der Waals surface area (Å²) in [6.45, 7) is 1.94. The van der Waals surface area contributed by atoms with Gasteiger partial charge in [0.05, 0.1) is 12.2 Å². The van der Waals surface area contributed by atoms with E-state index in [0.717, 1.165) is 17.3 Å². The Bertz CT molecular complexity index is 563. The van der Waals surface area contributed by atoms with Gasteiger partial charge in [0.1, 0.15) is 0 Å². The van der Waals surface area contributed by atoms with Gasteiger partial charge in [-0.25, -0.2) is 8.78 Å². The van der Waals surface area contributed by atoms with Crippen molar-refractivity contribution in [1.82, 2.24) is 15.1 Å². The third-order valence-electron chi connectivity index (χ3n) is 3.15. The van der Waals surface area contributed by atoms with Crippen LogP contribution in [0, 0.1) is 18.6 Å². The molecule has 0 spiro atoms. The summed E-state index contributed by atoms with van der Waals surface area (Å²) in [5.41, 5.74) is 2.61. The van der Waals surface area contributed by atoms with Crippen molar-refractivity contribution in [2.75, 3.05) is 7.05 Å². The minimum absolute atomic E-state index is 0.200. The second-order valence-corrected chi connectivity index (χ2v) is 4.20. The molecule has 2 aromatic rings. The molecule has 0 saturated carbocycles. The van der Waals surface area contributed by atoms with Crippen LogP contribution in [0.5, 0.6) is 0 Å². The Morgan fingerprint density at radius 3 is 2.50 bits per heavy atom. The topological polar surface area (TPSA) is 29.9 Å². The summed E-state index contributed by atoms with van der Waals surface area (Å²) < 4.78 is 28.0. The molecule has 1 heterocycles. The summed E-state index contributed by atoms with van der Waals surface area (Å²) in [5, 5.41) is 7.25. The van der Waals surface area contributed by atoms with Gasteiger partial charge in [0.2, 0.25) is 0 Å². The Kier molecular flexibility index (Phi) is 3.43. The smallest absolute Gasteiger partial charge is 0.159 e. The standard InChI is InChI=1S/C13H15F2N3/c1-8-10(7-17-18(8)3)13(16-2)9-4-5-11(14)12(15)6-9/h4-7,13,16H,1-3H3. The van der Waals surface area contributed by atoms with Gasteiger partial charge in [-0.15, -0.1) is 0 Å². The Morgan fingerprint density at radius 1 is 1.28 bits per heavy atom. The minimum Gasteiger partial charge on any atom is -0.309 e. The van der Waals surface area contributed by atoms with Crippen molar-refractivity contribution in [2.24, 2.45) is 7.05 Å². The molecule has 0 saturated heterocycles. The molecule has 0 aliphatic carbocycles. The van der Waals surface area contributed by atoms with Crippen LogP contribution in [-0.2, 0) is 7.05 Å². The van der Waals surface area contributed by atoms with Crippen molar-refractivity contribution in [1.29, 1.82) is 0 Å². The van der Waals surface area contributed by atoms with Crippen molar-refractivity contribution in [2.45, 2.75) is 13.0 Å². The first-order valence-electron chi connectivity index (χ1n) is 5.65. The van der Waals surface area contributed by atoms with Gasteiger partial charge in [0.25, 0.3) is 0 Å². The van der Waals surface area contributed by atoms with E-state index >= 15 is 0 Å². The Hall–Kier alpha value is -1.75.